The highest BCUT2D eigenvalue weighted by molar-refractivity contribution is 9.12. The Morgan fingerprint density at radius 2 is 1.61 bits per heavy atom. The van der Waals surface area contributed by atoms with E-state index in [1.165, 1.54) is 12.1 Å². The number of carbonyl (C=O) groups excluding carboxylic acids is 2. The van der Waals surface area contributed by atoms with Crippen molar-refractivity contribution in [2.45, 2.75) is 5.25 Å². The summed E-state index contributed by atoms with van der Waals surface area (Å²) >= 11 is 3.06. The van der Waals surface area contributed by atoms with E-state index in [4.69, 9.17) is 0 Å². The van der Waals surface area contributed by atoms with Crippen LogP contribution in [0, 0.1) is 0 Å². The van der Waals surface area contributed by atoms with Gasteiger partial charge in [0.25, 0.3) is 10.1 Å². The van der Waals surface area contributed by atoms with E-state index in [9.17, 15) is 28.1 Å². The number of halogens is 1. The first-order chi connectivity index (χ1) is 10.8. The van der Waals surface area contributed by atoms with Crippen LogP contribution in [0.1, 0.15) is 20.7 Å². The van der Waals surface area contributed by atoms with E-state index in [0.717, 1.165) is 6.08 Å². The van der Waals surface area contributed by atoms with Crippen molar-refractivity contribution in [3.63, 3.8) is 0 Å². The van der Waals surface area contributed by atoms with Gasteiger partial charge in [-0.1, -0.05) is 40.2 Å². The third kappa shape index (κ3) is 2.25. The SMILES string of the molecule is [N-]=[N+]=C1C2=C(C(=O)c3ccccc3C2=O)C(Br)=CC1S(=O)(=O)O. The fraction of sp³-hybridized carbons (Fsp3) is 0.0714. The molecule has 1 unspecified atom stereocenters. The monoisotopic (exact) mass is 394 g/mol. The maximum atomic E-state index is 12.7. The summed E-state index contributed by atoms with van der Waals surface area (Å²) in [6.07, 6.45) is 1.00. The number of carbonyl (C=O) groups is 2. The molecule has 3 rings (SSSR count). The van der Waals surface area contributed by atoms with E-state index in [2.05, 4.69) is 20.7 Å². The zero-order chi connectivity index (χ0) is 16.9. The van der Waals surface area contributed by atoms with Gasteiger partial charge in [0.15, 0.2) is 5.78 Å². The Hall–Kier alpha value is -2.19. The van der Waals surface area contributed by atoms with Gasteiger partial charge in [-0.3, -0.25) is 14.1 Å². The van der Waals surface area contributed by atoms with E-state index in [0.29, 0.717) is 0 Å². The van der Waals surface area contributed by atoms with Crippen LogP contribution >= 0.6 is 15.9 Å². The quantitative estimate of drug-likeness (QED) is 0.439. The summed E-state index contributed by atoms with van der Waals surface area (Å²) in [5.74, 6) is -1.16. The molecule has 1 atom stereocenters. The fourth-order valence-electron chi connectivity index (χ4n) is 2.62. The summed E-state index contributed by atoms with van der Waals surface area (Å²) in [5, 5.41) is -1.75. The molecule has 0 aliphatic heterocycles. The van der Waals surface area contributed by atoms with E-state index < -0.39 is 32.6 Å². The summed E-state index contributed by atoms with van der Waals surface area (Å²) in [7, 11) is -4.68. The average molecular weight is 395 g/mol. The molecule has 2 aliphatic carbocycles. The third-order valence-electron chi connectivity index (χ3n) is 3.61. The van der Waals surface area contributed by atoms with Gasteiger partial charge in [0.1, 0.15) is 5.57 Å². The standard InChI is InChI=1S/C14H7BrN2O5S/c15-8-5-9(23(20,21)22)12(17-16)11-10(8)13(18)6-3-1-2-4-7(6)14(11)19/h1-5,9H,(H,20,21,22). The number of hydrogen-bond donors (Lipinski definition) is 1. The average Bonchev–Trinajstić information content (AvgIpc) is 2.50. The Morgan fingerprint density at radius 3 is 2.09 bits per heavy atom. The first-order valence-electron chi connectivity index (χ1n) is 6.26. The van der Waals surface area contributed by atoms with Crippen LogP contribution < -0.4 is 0 Å². The zero-order valence-electron chi connectivity index (χ0n) is 11.2. The minimum absolute atomic E-state index is 0.0374. The van der Waals surface area contributed by atoms with Gasteiger partial charge in [-0.05, 0) is 6.08 Å². The zero-order valence-corrected chi connectivity index (χ0v) is 13.6. The predicted octanol–water partition coefficient (Wildman–Crippen LogP) is 1.58. The first kappa shape index (κ1) is 15.7. The molecule has 0 bridgehead atoms. The van der Waals surface area contributed by atoms with E-state index >= 15 is 0 Å². The maximum Gasteiger partial charge on any atom is 0.328 e. The highest BCUT2D eigenvalue weighted by atomic mass is 79.9. The molecule has 7 nitrogen and oxygen atoms in total. The molecule has 2 aliphatic rings. The molecule has 0 radical (unpaired) electrons. The largest absolute Gasteiger partial charge is 0.361 e. The number of rotatable bonds is 1. The van der Waals surface area contributed by atoms with Gasteiger partial charge in [-0.2, -0.15) is 13.2 Å². The summed E-state index contributed by atoms with van der Waals surface area (Å²) in [6.45, 7) is 0. The smallest absolute Gasteiger partial charge is 0.328 e. The van der Waals surface area contributed by atoms with Crippen molar-refractivity contribution in [1.29, 1.82) is 0 Å². The van der Waals surface area contributed by atoms with Crippen LogP contribution in [0.2, 0.25) is 0 Å². The summed E-state index contributed by atoms with van der Waals surface area (Å²) in [5.41, 5.74) is 8.40. The second-order valence-corrected chi connectivity index (χ2v) is 7.28. The molecule has 1 N–H and O–H groups in total. The van der Waals surface area contributed by atoms with Crippen LogP contribution in [0.3, 0.4) is 0 Å². The van der Waals surface area contributed by atoms with Crippen LogP contribution in [-0.4, -0.2) is 40.3 Å². The van der Waals surface area contributed by atoms with Crippen LogP contribution in [-0.2, 0) is 10.1 Å². The lowest BCUT2D eigenvalue weighted by molar-refractivity contribution is -0.00631. The van der Waals surface area contributed by atoms with Gasteiger partial charge in [0.2, 0.25) is 11.0 Å². The third-order valence-corrected chi connectivity index (χ3v) is 5.27. The lowest BCUT2D eigenvalue weighted by Gasteiger charge is -2.23. The predicted molar refractivity (Wildman–Crippen MR) is 83.1 cm³/mol. The van der Waals surface area contributed by atoms with Gasteiger partial charge in [0, 0.05) is 15.6 Å². The molecular formula is C14H7BrN2O5S. The normalized spacial score (nSPS) is 20.7. The number of hydrogen-bond acceptors (Lipinski definition) is 4. The van der Waals surface area contributed by atoms with Gasteiger partial charge >= 0.3 is 5.71 Å². The van der Waals surface area contributed by atoms with Crippen molar-refractivity contribution in [2.24, 2.45) is 0 Å². The summed E-state index contributed by atoms with van der Waals surface area (Å²) < 4.78 is 32.3. The molecule has 9 heteroatoms. The van der Waals surface area contributed by atoms with Crippen molar-refractivity contribution in [3.8, 4) is 0 Å². The van der Waals surface area contributed by atoms with Crippen molar-refractivity contribution in [1.82, 2.24) is 0 Å². The number of benzene rings is 1. The molecule has 23 heavy (non-hydrogen) atoms. The van der Waals surface area contributed by atoms with Crippen LogP contribution in [0.4, 0.5) is 0 Å². The topological polar surface area (TPSA) is 125 Å². The van der Waals surface area contributed by atoms with Crippen LogP contribution in [0.15, 0.2) is 46.0 Å². The number of Topliss-reactive ketones (excluding diaryl/α,β-unsaturated/α-hetero) is 2. The molecule has 0 fully saturated rings. The Morgan fingerprint density at radius 1 is 1.09 bits per heavy atom. The summed E-state index contributed by atoms with van der Waals surface area (Å²) in [4.78, 5) is 28.1. The van der Waals surface area contributed by atoms with E-state index in [-0.39, 0.29) is 26.8 Å². The van der Waals surface area contributed by atoms with Crippen LogP contribution in [0.5, 0.6) is 0 Å². The van der Waals surface area contributed by atoms with E-state index in [1.807, 2.05) is 0 Å². The molecule has 0 amide bonds. The second kappa shape index (κ2) is 5.17. The summed E-state index contributed by atoms with van der Waals surface area (Å²) in [6, 6.07) is 6.05. The number of fused-ring (bicyclic) bond motifs is 1. The molecule has 0 aromatic heterocycles. The van der Waals surface area contributed by atoms with Crippen molar-refractivity contribution in [2.75, 3.05) is 0 Å². The number of nitrogens with zero attached hydrogens (tertiary/aromatic N) is 2. The highest BCUT2D eigenvalue weighted by Crippen LogP contribution is 2.37. The Bertz CT molecular complexity index is 1000. The van der Waals surface area contributed by atoms with Crippen molar-refractivity contribution in [3.05, 3.63) is 62.6 Å². The molecular weight excluding hydrogens is 388 g/mol. The van der Waals surface area contributed by atoms with Gasteiger partial charge < -0.3 is 5.53 Å². The fourth-order valence-corrected chi connectivity index (χ4v) is 4.19. The molecule has 0 heterocycles. The van der Waals surface area contributed by atoms with Crippen molar-refractivity contribution >= 4 is 43.3 Å². The number of allylic oxidation sites excluding steroid dienone is 3. The van der Waals surface area contributed by atoms with Gasteiger partial charge in [0.05, 0.1) is 5.57 Å². The maximum absolute atomic E-state index is 12.7. The molecule has 1 aromatic carbocycles. The molecule has 1 aromatic rings. The van der Waals surface area contributed by atoms with E-state index in [1.54, 1.807) is 12.1 Å². The second-order valence-electron chi connectivity index (χ2n) is 4.89. The number of ketones is 2. The van der Waals surface area contributed by atoms with Gasteiger partial charge in [-0.25, -0.2) is 0 Å². The molecule has 0 saturated carbocycles. The molecule has 0 spiro atoms. The molecule has 0 saturated heterocycles. The minimum atomic E-state index is -4.68. The lowest BCUT2D eigenvalue weighted by atomic mass is 9.79. The van der Waals surface area contributed by atoms with Crippen molar-refractivity contribution < 1.29 is 27.3 Å². The van der Waals surface area contributed by atoms with Crippen LogP contribution in [0.25, 0.3) is 5.53 Å². The Kier molecular flexibility index (Phi) is 3.53. The highest BCUT2D eigenvalue weighted by Gasteiger charge is 2.48. The lowest BCUT2D eigenvalue weighted by Crippen LogP contribution is -2.39. The Balaban J connectivity index is 2.35. The molecule has 116 valence electrons. The first-order valence-corrected chi connectivity index (χ1v) is 8.56. The minimum Gasteiger partial charge on any atom is -0.361 e. The van der Waals surface area contributed by atoms with Gasteiger partial charge in [-0.15, -0.1) is 0 Å². The Labute approximate surface area is 138 Å².